The van der Waals surface area contributed by atoms with E-state index in [1.54, 1.807) is 6.07 Å². The fraction of sp³-hybridized carbons (Fsp3) is 0.519. The number of alkyl halides is 3. The summed E-state index contributed by atoms with van der Waals surface area (Å²) in [5.41, 5.74) is -0.0379. The van der Waals surface area contributed by atoms with Crippen LogP contribution >= 0.6 is 0 Å². The Hall–Kier alpha value is -3.25. The molecule has 2 atom stereocenters. The summed E-state index contributed by atoms with van der Waals surface area (Å²) in [6, 6.07) is 4.17. The number of aliphatic hydroxyl groups excluding tert-OH is 1. The van der Waals surface area contributed by atoms with Crippen molar-refractivity contribution in [1.29, 1.82) is 0 Å². The fourth-order valence-corrected chi connectivity index (χ4v) is 5.66. The first-order valence-corrected chi connectivity index (χ1v) is 13.3. The zero-order valence-corrected chi connectivity index (χ0v) is 21.7. The number of nitrogens with zero attached hydrogens (tertiary/aromatic N) is 5. The molecule has 1 amide bonds. The normalized spacial score (nSPS) is 20.7. The quantitative estimate of drug-likeness (QED) is 0.465. The predicted octanol–water partition coefficient (Wildman–Crippen LogP) is 4.19. The minimum atomic E-state index is -4.83. The lowest BCUT2D eigenvalue weighted by atomic mass is 10.0. The average Bonchev–Trinajstić information content (AvgIpc) is 3.28. The maximum Gasteiger partial charge on any atom is 0.419 e. The average molecular weight is 549 g/mol. The van der Waals surface area contributed by atoms with Gasteiger partial charge in [-0.2, -0.15) is 18.3 Å². The van der Waals surface area contributed by atoms with Gasteiger partial charge in [-0.15, -0.1) is 0 Å². The molecule has 2 fully saturated rings. The standard InChI is InChI=1S/C27H32F4N6O2/c1-17(21-5-2-6-22(24(21)28)27(29,30)31)34-26(39)18-14-23(25-32-16-33-37(25)15-18)36-11-7-19(8-12-36)35-10-3-4-20(38)9-13-35/h2,5-6,14-17,19-20,38H,3-4,7-13H2,1H3,(H,34,39)/t17-,20?/m1/s1. The van der Waals surface area contributed by atoms with Gasteiger partial charge in [-0.05, 0) is 57.7 Å². The molecule has 1 unspecified atom stereocenters. The number of hydrogen-bond donors (Lipinski definition) is 2. The number of amides is 1. The number of nitrogens with one attached hydrogen (secondary N) is 1. The van der Waals surface area contributed by atoms with Crippen molar-refractivity contribution in [2.75, 3.05) is 31.1 Å². The van der Waals surface area contributed by atoms with E-state index in [9.17, 15) is 27.5 Å². The summed E-state index contributed by atoms with van der Waals surface area (Å²) >= 11 is 0. The molecular weight excluding hydrogens is 516 g/mol. The van der Waals surface area contributed by atoms with E-state index < -0.39 is 29.5 Å². The largest absolute Gasteiger partial charge is 0.419 e. The van der Waals surface area contributed by atoms with E-state index in [1.165, 1.54) is 30.0 Å². The maximum atomic E-state index is 14.6. The smallest absolute Gasteiger partial charge is 0.393 e. The lowest BCUT2D eigenvalue weighted by Crippen LogP contribution is -2.45. The van der Waals surface area contributed by atoms with Crippen molar-refractivity contribution in [3.05, 3.63) is 59.3 Å². The van der Waals surface area contributed by atoms with Crippen LogP contribution in [0.15, 0.2) is 36.8 Å². The Kier molecular flexibility index (Phi) is 7.77. The Morgan fingerprint density at radius 1 is 1.13 bits per heavy atom. The van der Waals surface area contributed by atoms with Crippen LogP contribution in [0.3, 0.4) is 0 Å². The summed E-state index contributed by atoms with van der Waals surface area (Å²) in [6.45, 7) is 4.82. The second-order valence-electron chi connectivity index (χ2n) is 10.4. The molecule has 0 aliphatic carbocycles. The highest BCUT2D eigenvalue weighted by Gasteiger charge is 2.35. The van der Waals surface area contributed by atoms with Gasteiger partial charge in [-0.3, -0.25) is 4.79 Å². The highest BCUT2D eigenvalue weighted by Crippen LogP contribution is 2.34. The lowest BCUT2D eigenvalue weighted by Gasteiger charge is -2.39. The van der Waals surface area contributed by atoms with Gasteiger partial charge in [0.2, 0.25) is 0 Å². The van der Waals surface area contributed by atoms with Gasteiger partial charge in [-0.25, -0.2) is 13.9 Å². The van der Waals surface area contributed by atoms with Crippen LogP contribution in [-0.4, -0.2) is 68.8 Å². The first kappa shape index (κ1) is 27.3. The molecule has 2 aliphatic heterocycles. The molecule has 0 saturated carbocycles. The fourth-order valence-electron chi connectivity index (χ4n) is 5.66. The number of aromatic nitrogens is 3. The van der Waals surface area contributed by atoms with Gasteiger partial charge in [0, 0.05) is 37.4 Å². The Bertz CT molecular complexity index is 1320. The molecule has 0 spiro atoms. The van der Waals surface area contributed by atoms with Crippen molar-refractivity contribution < 1.29 is 27.5 Å². The third-order valence-electron chi connectivity index (χ3n) is 7.82. The molecule has 2 saturated heterocycles. The van der Waals surface area contributed by atoms with E-state index in [4.69, 9.17) is 0 Å². The lowest BCUT2D eigenvalue weighted by molar-refractivity contribution is -0.140. The van der Waals surface area contributed by atoms with Crippen molar-refractivity contribution in [2.45, 2.75) is 63.4 Å². The zero-order valence-electron chi connectivity index (χ0n) is 21.7. The topological polar surface area (TPSA) is 86.0 Å². The third kappa shape index (κ3) is 5.86. The molecule has 2 N–H and O–H groups in total. The van der Waals surface area contributed by atoms with Crippen LogP contribution in [-0.2, 0) is 6.18 Å². The number of likely N-dealkylation sites (tertiary alicyclic amines) is 1. The van der Waals surface area contributed by atoms with Crippen molar-refractivity contribution in [1.82, 2.24) is 24.8 Å². The van der Waals surface area contributed by atoms with Crippen LogP contribution in [0.4, 0.5) is 23.2 Å². The second-order valence-corrected chi connectivity index (χ2v) is 10.4. The van der Waals surface area contributed by atoms with Gasteiger partial charge < -0.3 is 20.2 Å². The van der Waals surface area contributed by atoms with Gasteiger partial charge >= 0.3 is 6.18 Å². The molecule has 2 aliphatic rings. The summed E-state index contributed by atoms with van der Waals surface area (Å²) in [5, 5.41) is 16.8. The van der Waals surface area contributed by atoms with Gasteiger partial charge in [0.15, 0.2) is 5.65 Å². The van der Waals surface area contributed by atoms with Crippen molar-refractivity contribution in [2.24, 2.45) is 0 Å². The Morgan fingerprint density at radius 3 is 2.64 bits per heavy atom. The van der Waals surface area contributed by atoms with E-state index >= 15 is 0 Å². The Labute approximate surface area is 223 Å². The minimum Gasteiger partial charge on any atom is -0.393 e. The van der Waals surface area contributed by atoms with Crippen LogP contribution in [0.5, 0.6) is 0 Å². The Morgan fingerprint density at radius 2 is 1.90 bits per heavy atom. The highest BCUT2D eigenvalue weighted by molar-refractivity contribution is 5.96. The van der Waals surface area contributed by atoms with Crippen molar-refractivity contribution >= 4 is 17.2 Å². The number of benzene rings is 1. The number of anilines is 1. The van der Waals surface area contributed by atoms with Gasteiger partial charge in [-0.1, -0.05) is 12.1 Å². The summed E-state index contributed by atoms with van der Waals surface area (Å²) < 4.78 is 55.6. The molecule has 8 nitrogen and oxygen atoms in total. The molecule has 39 heavy (non-hydrogen) atoms. The molecule has 0 radical (unpaired) electrons. The molecule has 1 aromatic carbocycles. The van der Waals surface area contributed by atoms with E-state index in [2.05, 4.69) is 25.2 Å². The second kappa shape index (κ2) is 11.1. The van der Waals surface area contributed by atoms with Crippen molar-refractivity contribution in [3.63, 3.8) is 0 Å². The molecule has 2 aromatic heterocycles. The zero-order chi connectivity index (χ0) is 27.7. The number of piperidine rings is 1. The summed E-state index contributed by atoms with van der Waals surface area (Å²) in [6.07, 6.45) is 2.33. The van der Waals surface area contributed by atoms with Crippen LogP contribution in [0.2, 0.25) is 0 Å². The maximum absolute atomic E-state index is 14.6. The summed E-state index contributed by atoms with van der Waals surface area (Å²) in [7, 11) is 0. The van der Waals surface area contributed by atoms with Crippen LogP contribution in [0.1, 0.15) is 66.6 Å². The molecule has 3 aromatic rings. The van der Waals surface area contributed by atoms with E-state index in [-0.39, 0.29) is 17.2 Å². The van der Waals surface area contributed by atoms with Gasteiger partial charge in [0.25, 0.3) is 5.91 Å². The molecule has 4 heterocycles. The monoisotopic (exact) mass is 548 g/mol. The number of fused-ring (bicyclic) bond motifs is 1. The molecule has 5 rings (SSSR count). The van der Waals surface area contributed by atoms with E-state index in [0.29, 0.717) is 17.8 Å². The number of halogens is 4. The number of hydrogen-bond acceptors (Lipinski definition) is 6. The number of rotatable bonds is 5. The minimum absolute atomic E-state index is 0.224. The van der Waals surface area contributed by atoms with E-state index in [0.717, 1.165) is 70.0 Å². The molecule has 0 bridgehead atoms. The van der Waals surface area contributed by atoms with Gasteiger partial charge in [0.05, 0.1) is 29.0 Å². The Balaban J connectivity index is 1.32. The first-order chi connectivity index (χ1) is 18.6. The van der Waals surface area contributed by atoms with Crippen LogP contribution < -0.4 is 10.2 Å². The summed E-state index contributed by atoms with van der Waals surface area (Å²) in [5.74, 6) is -1.96. The first-order valence-electron chi connectivity index (χ1n) is 13.3. The SMILES string of the molecule is C[C@@H](NC(=O)c1cc(N2CCC(N3CCCC(O)CC3)CC2)c2ncnn2c1)c1cccc(C(F)(F)F)c1F. The number of carbonyl (C=O) groups is 1. The van der Waals surface area contributed by atoms with Gasteiger partial charge in [0.1, 0.15) is 12.1 Å². The molecule has 12 heteroatoms. The highest BCUT2D eigenvalue weighted by atomic mass is 19.4. The molecular formula is C27H32F4N6O2. The van der Waals surface area contributed by atoms with Crippen LogP contribution in [0.25, 0.3) is 5.65 Å². The number of aliphatic hydroxyl groups is 1. The summed E-state index contributed by atoms with van der Waals surface area (Å²) in [4.78, 5) is 22.2. The van der Waals surface area contributed by atoms with Crippen molar-refractivity contribution in [3.8, 4) is 0 Å². The predicted molar refractivity (Wildman–Crippen MR) is 137 cm³/mol. The van der Waals surface area contributed by atoms with Crippen LogP contribution in [0, 0.1) is 5.82 Å². The third-order valence-corrected chi connectivity index (χ3v) is 7.82. The molecule has 210 valence electrons. The number of carbonyl (C=O) groups excluding carboxylic acids is 1. The number of pyridine rings is 1. The van der Waals surface area contributed by atoms with E-state index in [1.807, 2.05) is 0 Å².